The predicted octanol–water partition coefficient (Wildman–Crippen LogP) is 3.63. The van der Waals surface area contributed by atoms with Gasteiger partial charge in [-0.15, -0.1) is 20.4 Å². The molecule has 0 bridgehead atoms. The largest absolute Gasteiger partial charge is 0.325 e. The minimum atomic E-state index is -0.421. The summed E-state index contributed by atoms with van der Waals surface area (Å²) in [6.07, 6.45) is 0.872. The van der Waals surface area contributed by atoms with E-state index in [-0.39, 0.29) is 18.2 Å². The van der Waals surface area contributed by atoms with E-state index >= 15 is 0 Å². The first kappa shape index (κ1) is 23.9. The number of nitrogens with one attached hydrogen (secondary N) is 2. The Morgan fingerprint density at radius 2 is 1.91 bits per heavy atom. The zero-order valence-corrected chi connectivity index (χ0v) is 20.4. The van der Waals surface area contributed by atoms with Crippen LogP contribution in [0.4, 0.5) is 10.8 Å². The van der Waals surface area contributed by atoms with E-state index in [4.69, 9.17) is 0 Å². The van der Waals surface area contributed by atoms with E-state index in [1.807, 2.05) is 50.5 Å². The average molecular weight is 474 g/mol. The molecule has 0 radical (unpaired) electrons. The van der Waals surface area contributed by atoms with Crippen LogP contribution in [0.5, 0.6) is 0 Å². The maximum Gasteiger partial charge on any atom is 0.239 e. The highest BCUT2D eigenvalue weighted by atomic mass is 32.2. The molecule has 0 fully saturated rings. The summed E-state index contributed by atoms with van der Waals surface area (Å²) in [6, 6.07) is 5.88. The SMILES string of the molecule is CCc1nnc(NC(=O)[C@H](C)Sc2nnc(CC(=O)Nc3ccc(C)cc3C)n2CC)s1. The predicted molar refractivity (Wildman–Crippen MR) is 127 cm³/mol. The Kier molecular flexibility index (Phi) is 7.97. The third-order valence-corrected chi connectivity index (χ3v) is 6.80. The van der Waals surface area contributed by atoms with Gasteiger partial charge in [0, 0.05) is 12.2 Å². The molecule has 0 spiro atoms. The van der Waals surface area contributed by atoms with Crippen LogP contribution in [-0.4, -0.2) is 42.0 Å². The number of anilines is 2. The van der Waals surface area contributed by atoms with Gasteiger partial charge in [0.05, 0.1) is 11.7 Å². The van der Waals surface area contributed by atoms with E-state index in [1.54, 1.807) is 6.92 Å². The molecule has 0 unspecified atom stereocenters. The lowest BCUT2D eigenvalue weighted by atomic mass is 10.1. The first-order valence-electron chi connectivity index (χ1n) is 10.4. The van der Waals surface area contributed by atoms with Crippen LogP contribution < -0.4 is 10.6 Å². The van der Waals surface area contributed by atoms with Gasteiger partial charge < -0.3 is 9.88 Å². The molecule has 1 aromatic carbocycles. The van der Waals surface area contributed by atoms with Crippen molar-refractivity contribution in [3.8, 4) is 0 Å². The van der Waals surface area contributed by atoms with Crippen molar-refractivity contribution in [2.24, 2.45) is 0 Å². The standard InChI is InChI=1S/C21H27N7O2S2/c1-6-18-25-26-20(32-18)23-19(30)14(5)31-21-27-24-16(28(21)7-2)11-17(29)22-15-9-8-12(3)10-13(15)4/h8-10,14H,6-7,11H2,1-5H3,(H,22,29)(H,23,26,30)/t14-/m0/s1. The molecule has 2 N–H and O–H groups in total. The molecule has 2 aromatic heterocycles. The van der Waals surface area contributed by atoms with Crippen LogP contribution in [-0.2, 0) is 29.0 Å². The molecule has 1 atom stereocenters. The number of hydrogen-bond donors (Lipinski definition) is 2. The quantitative estimate of drug-likeness (QED) is 0.456. The fraction of sp³-hybridized carbons (Fsp3) is 0.429. The lowest BCUT2D eigenvalue weighted by Crippen LogP contribution is -2.23. The van der Waals surface area contributed by atoms with Crippen LogP contribution in [0, 0.1) is 13.8 Å². The van der Waals surface area contributed by atoms with Crippen molar-refractivity contribution in [3.63, 3.8) is 0 Å². The molecule has 0 saturated carbocycles. The second-order valence-electron chi connectivity index (χ2n) is 7.29. The van der Waals surface area contributed by atoms with Crippen molar-refractivity contribution in [1.29, 1.82) is 0 Å². The van der Waals surface area contributed by atoms with E-state index in [1.165, 1.54) is 23.1 Å². The first-order valence-corrected chi connectivity index (χ1v) is 12.1. The molecule has 0 aliphatic carbocycles. The minimum Gasteiger partial charge on any atom is -0.325 e. The monoisotopic (exact) mass is 473 g/mol. The van der Waals surface area contributed by atoms with Crippen LogP contribution in [0.25, 0.3) is 0 Å². The molecule has 9 nitrogen and oxygen atoms in total. The van der Waals surface area contributed by atoms with Crippen LogP contribution in [0.15, 0.2) is 23.4 Å². The number of carbonyl (C=O) groups excluding carboxylic acids is 2. The van der Waals surface area contributed by atoms with E-state index in [0.717, 1.165) is 28.2 Å². The van der Waals surface area contributed by atoms with Crippen LogP contribution in [0.3, 0.4) is 0 Å². The Labute approximate surface area is 195 Å². The second kappa shape index (κ2) is 10.7. The maximum atomic E-state index is 12.6. The summed E-state index contributed by atoms with van der Waals surface area (Å²) in [5, 5.41) is 23.7. The normalized spacial score (nSPS) is 11.9. The Balaban J connectivity index is 1.63. The highest BCUT2D eigenvalue weighted by Crippen LogP contribution is 2.25. The van der Waals surface area contributed by atoms with Gasteiger partial charge in [-0.05, 0) is 45.7 Å². The number of benzene rings is 1. The smallest absolute Gasteiger partial charge is 0.239 e. The molecule has 2 heterocycles. The molecule has 0 aliphatic heterocycles. The van der Waals surface area contributed by atoms with Gasteiger partial charge >= 0.3 is 0 Å². The van der Waals surface area contributed by atoms with E-state index in [0.29, 0.717) is 22.7 Å². The lowest BCUT2D eigenvalue weighted by molar-refractivity contribution is -0.116. The van der Waals surface area contributed by atoms with Crippen molar-refractivity contribution >= 4 is 45.7 Å². The number of carbonyl (C=O) groups is 2. The highest BCUT2D eigenvalue weighted by Gasteiger charge is 2.22. The summed E-state index contributed by atoms with van der Waals surface area (Å²) in [7, 11) is 0. The third-order valence-electron chi connectivity index (χ3n) is 4.74. The van der Waals surface area contributed by atoms with Crippen molar-refractivity contribution < 1.29 is 9.59 Å². The van der Waals surface area contributed by atoms with Gasteiger partial charge in [-0.25, -0.2) is 0 Å². The van der Waals surface area contributed by atoms with E-state index in [9.17, 15) is 9.59 Å². The molecular formula is C21H27N7O2S2. The van der Waals surface area contributed by atoms with Gasteiger partial charge in [-0.3, -0.25) is 14.9 Å². The number of amides is 2. The van der Waals surface area contributed by atoms with Crippen molar-refractivity contribution in [3.05, 3.63) is 40.2 Å². The number of hydrogen-bond acceptors (Lipinski definition) is 8. The summed E-state index contributed by atoms with van der Waals surface area (Å²) < 4.78 is 1.86. The van der Waals surface area contributed by atoms with E-state index < -0.39 is 5.25 Å². The fourth-order valence-electron chi connectivity index (χ4n) is 3.01. The van der Waals surface area contributed by atoms with Gasteiger partial charge in [-0.2, -0.15) is 0 Å². The number of rotatable bonds is 9. The molecule has 0 aliphatic rings. The summed E-state index contributed by atoms with van der Waals surface area (Å²) in [4.78, 5) is 25.1. The number of nitrogens with zero attached hydrogens (tertiary/aromatic N) is 5. The van der Waals surface area contributed by atoms with Crippen molar-refractivity contribution in [2.75, 3.05) is 10.6 Å². The summed E-state index contributed by atoms with van der Waals surface area (Å²) in [5.74, 6) is 0.208. The number of aromatic nitrogens is 5. The minimum absolute atomic E-state index is 0.0971. The molecule has 0 saturated heterocycles. The lowest BCUT2D eigenvalue weighted by Gasteiger charge is -2.12. The highest BCUT2D eigenvalue weighted by molar-refractivity contribution is 8.00. The van der Waals surface area contributed by atoms with Crippen LogP contribution in [0.1, 0.15) is 42.7 Å². The fourth-order valence-corrected chi connectivity index (χ4v) is 4.63. The average Bonchev–Trinajstić information content (AvgIpc) is 3.36. The van der Waals surface area contributed by atoms with Gasteiger partial charge in [-0.1, -0.05) is 47.7 Å². The number of aryl methyl sites for hydroxylation is 3. The third kappa shape index (κ3) is 5.92. The van der Waals surface area contributed by atoms with E-state index in [2.05, 4.69) is 31.0 Å². The Hall–Kier alpha value is -2.79. The summed E-state index contributed by atoms with van der Waals surface area (Å²) in [6.45, 7) is 10.3. The topological polar surface area (TPSA) is 115 Å². The second-order valence-corrected chi connectivity index (χ2v) is 9.66. The van der Waals surface area contributed by atoms with Gasteiger partial charge in [0.25, 0.3) is 0 Å². The Bertz CT molecular complexity index is 1110. The summed E-state index contributed by atoms with van der Waals surface area (Å²) in [5.41, 5.74) is 2.93. The molecule has 32 heavy (non-hydrogen) atoms. The van der Waals surface area contributed by atoms with Crippen LogP contribution in [0.2, 0.25) is 0 Å². The molecular weight excluding hydrogens is 446 g/mol. The van der Waals surface area contributed by atoms with Crippen LogP contribution >= 0.6 is 23.1 Å². The maximum absolute atomic E-state index is 12.6. The van der Waals surface area contributed by atoms with Crippen molar-refractivity contribution in [1.82, 2.24) is 25.0 Å². The first-order chi connectivity index (χ1) is 15.3. The zero-order valence-electron chi connectivity index (χ0n) is 18.8. The van der Waals surface area contributed by atoms with Crippen molar-refractivity contribution in [2.45, 2.75) is 64.4 Å². The molecule has 170 valence electrons. The van der Waals surface area contributed by atoms with Gasteiger partial charge in [0.15, 0.2) is 5.16 Å². The molecule has 3 rings (SSSR count). The summed E-state index contributed by atoms with van der Waals surface area (Å²) >= 11 is 2.66. The molecule has 2 amide bonds. The molecule has 11 heteroatoms. The van der Waals surface area contributed by atoms with Gasteiger partial charge in [0.2, 0.25) is 16.9 Å². The Morgan fingerprint density at radius 1 is 1.12 bits per heavy atom. The zero-order chi connectivity index (χ0) is 23.3. The Morgan fingerprint density at radius 3 is 2.56 bits per heavy atom. The molecule has 3 aromatic rings. The number of thioether (sulfide) groups is 1. The van der Waals surface area contributed by atoms with Gasteiger partial charge in [0.1, 0.15) is 10.8 Å².